The van der Waals surface area contributed by atoms with E-state index in [1.807, 2.05) is 4.57 Å². The highest BCUT2D eigenvalue weighted by Crippen LogP contribution is 2.29. The molecular formula is C12H18N4O2. The van der Waals surface area contributed by atoms with Gasteiger partial charge in [0.15, 0.2) is 5.75 Å². The lowest BCUT2D eigenvalue weighted by molar-refractivity contribution is 0.194. The second-order valence-electron chi connectivity index (χ2n) is 4.14. The summed E-state index contributed by atoms with van der Waals surface area (Å²) in [6, 6.07) is 0. The number of nitrogens with zero attached hydrogens (tertiary/aromatic N) is 4. The Morgan fingerprint density at radius 2 is 2.22 bits per heavy atom. The van der Waals surface area contributed by atoms with E-state index >= 15 is 0 Å². The Bertz CT molecular complexity index is 518. The van der Waals surface area contributed by atoms with Gasteiger partial charge in [0, 0.05) is 13.6 Å². The molecule has 1 N–H and O–H groups in total. The van der Waals surface area contributed by atoms with Crippen molar-refractivity contribution < 1.29 is 9.84 Å². The van der Waals surface area contributed by atoms with Crippen molar-refractivity contribution in [3.05, 3.63) is 30.1 Å². The minimum atomic E-state index is -0.790. The van der Waals surface area contributed by atoms with Crippen LogP contribution in [0.5, 0.6) is 5.75 Å². The van der Waals surface area contributed by atoms with Crippen LogP contribution in [-0.2, 0) is 13.6 Å². The SMILES string of the molecule is CCCn1cncc1C(O)c1c(OC)cnn1C. The molecule has 2 aromatic heterocycles. The number of aliphatic hydroxyl groups excluding tert-OH is 1. The predicted octanol–water partition coefficient (Wildman–Crippen LogP) is 1.12. The molecule has 0 amide bonds. The molecule has 0 saturated carbocycles. The van der Waals surface area contributed by atoms with Crippen molar-refractivity contribution in [3.8, 4) is 5.75 Å². The summed E-state index contributed by atoms with van der Waals surface area (Å²) in [6.45, 7) is 2.91. The number of hydrogen-bond acceptors (Lipinski definition) is 4. The van der Waals surface area contributed by atoms with Gasteiger partial charge >= 0.3 is 0 Å². The second-order valence-corrected chi connectivity index (χ2v) is 4.14. The van der Waals surface area contributed by atoms with E-state index in [-0.39, 0.29) is 0 Å². The highest BCUT2D eigenvalue weighted by atomic mass is 16.5. The molecule has 0 saturated heterocycles. The van der Waals surface area contributed by atoms with Gasteiger partial charge in [-0.3, -0.25) is 4.68 Å². The maximum atomic E-state index is 10.5. The van der Waals surface area contributed by atoms with Crippen molar-refractivity contribution in [3.63, 3.8) is 0 Å². The van der Waals surface area contributed by atoms with E-state index in [1.54, 1.807) is 37.6 Å². The molecule has 0 aliphatic heterocycles. The normalized spacial score (nSPS) is 12.7. The lowest BCUT2D eigenvalue weighted by atomic mass is 10.2. The maximum Gasteiger partial charge on any atom is 0.163 e. The molecule has 1 unspecified atom stereocenters. The van der Waals surface area contributed by atoms with Crippen LogP contribution in [0.25, 0.3) is 0 Å². The zero-order chi connectivity index (χ0) is 13.1. The van der Waals surface area contributed by atoms with Crippen LogP contribution in [0.3, 0.4) is 0 Å². The Kier molecular flexibility index (Phi) is 3.66. The van der Waals surface area contributed by atoms with Crippen molar-refractivity contribution in [1.82, 2.24) is 19.3 Å². The van der Waals surface area contributed by atoms with E-state index in [2.05, 4.69) is 17.0 Å². The first-order chi connectivity index (χ1) is 8.69. The summed E-state index contributed by atoms with van der Waals surface area (Å²) in [4.78, 5) is 4.09. The maximum absolute atomic E-state index is 10.5. The van der Waals surface area contributed by atoms with Crippen LogP contribution >= 0.6 is 0 Å². The van der Waals surface area contributed by atoms with Crippen LogP contribution in [0, 0.1) is 0 Å². The third-order valence-electron chi connectivity index (χ3n) is 2.92. The third kappa shape index (κ3) is 2.11. The molecule has 18 heavy (non-hydrogen) atoms. The fourth-order valence-corrected chi connectivity index (χ4v) is 2.02. The molecule has 0 aliphatic rings. The van der Waals surface area contributed by atoms with Gasteiger partial charge in [-0.1, -0.05) is 6.92 Å². The molecule has 0 spiro atoms. The quantitative estimate of drug-likeness (QED) is 0.863. The van der Waals surface area contributed by atoms with Gasteiger partial charge in [0.1, 0.15) is 11.8 Å². The van der Waals surface area contributed by atoms with Crippen LogP contribution < -0.4 is 4.74 Å². The van der Waals surface area contributed by atoms with Crippen molar-refractivity contribution in [2.45, 2.75) is 26.0 Å². The predicted molar refractivity (Wildman–Crippen MR) is 66.3 cm³/mol. The summed E-state index contributed by atoms with van der Waals surface area (Å²) >= 11 is 0. The fourth-order valence-electron chi connectivity index (χ4n) is 2.02. The second kappa shape index (κ2) is 5.22. The number of ether oxygens (including phenoxy) is 1. The summed E-state index contributed by atoms with van der Waals surface area (Å²) in [5.74, 6) is 0.578. The van der Waals surface area contributed by atoms with Crippen LogP contribution in [0.4, 0.5) is 0 Å². The molecule has 0 aliphatic carbocycles. The highest BCUT2D eigenvalue weighted by molar-refractivity contribution is 5.31. The van der Waals surface area contributed by atoms with Gasteiger partial charge < -0.3 is 14.4 Å². The van der Waals surface area contributed by atoms with Gasteiger partial charge in [0.05, 0.1) is 31.5 Å². The largest absolute Gasteiger partial charge is 0.493 e. The molecule has 0 fully saturated rings. The van der Waals surface area contributed by atoms with Crippen molar-refractivity contribution in [2.75, 3.05) is 7.11 Å². The Hall–Kier alpha value is -1.82. The van der Waals surface area contributed by atoms with Gasteiger partial charge in [-0.05, 0) is 6.42 Å². The molecule has 1 atom stereocenters. The summed E-state index contributed by atoms with van der Waals surface area (Å²) in [6.07, 6.45) is 5.19. The minimum absolute atomic E-state index is 0.578. The number of aliphatic hydroxyl groups is 1. The molecule has 6 heteroatoms. The van der Waals surface area contributed by atoms with Gasteiger partial charge in [0.2, 0.25) is 0 Å². The molecule has 0 aromatic carbocycles. The molecule has 0 radical (unpaired) electrons. The number of aromatic nitrogens is 4. The van der Waals surface area contributed by atoms with E-state index in [1.165, 1.54) is 0 Å². The van der Waals surface area contributed by atoms with E-state index in [0.717, 1.165) is 18.7 Å². The van der Waals surface area contributed by atoms with Crippen molar-refractivity contribution in [2.24, 2.45) is 7.05 Å². The molecule has 2 aromatic rings. The monoisotopic (exact) mass is 250 g/mol. The first-order valence-corrected chi connectivity index (χ1v) is 5.93. The average Bonchev–Trinajstić information content (AvgIpc) is 2.95. The smallest absolute Gasteiger partial charge is 0.163 e. The van der Waals surface area contributed by atoms with Crippen molar-refractivity contribution >= 4 is 0 Å². The molecule has 2 heterocycles. The lowest BCUT2D eigenvalue weighted by Gasteiger charge is -2.15. The third-order valence-corrected chi connectivity index (χ3v) is 2.92. The Balaban J connectivity index is 2.38. The van der Waals surface area contributed by atoms with Crippen LogP contribution in [0.2, 0.25) is 0 Å². The van der Waals surface area contributed by atoms with Gasteiger partial charge in [-0.15, -0.1) is 0 Å². The Morgan fingerprint density at radius 1 is 1.44 bits per heavy atom. The summed E-state index contributed by atoms with van der Waals surface area (Å²) in [5.41, 5.74) is 1.38. The van der Waals surface area contributed by atoms with Gasteiger partial charge in [0.25, 0.3) is 0 Å². The Labute approximate surface area is 106 Å². The fraction of sp³-hybridized carbons (Fsp3) is 0.500. The summed E-state index contributed by atoms with van der Waals surface area (Å²) in [5, 5.41) is 14.6. The zero-order valence-corrected chi connectivity index (χ0v) is 10.9. The lowest BCUT2D eigenvalue weighted by Crippen LogP contribution is -2.12. The highest BCUT2D eigenvalue weighted by Gasteiger charge is 2.22. The molecule has 2 rings (SSSR count). The van der Waals surface area contributed by atoms with Crippen molar-refractivity contribution in [1.29, 1.82) is 0 Å². The van der Waals surface area contributed by atoms with Crippen LogP contribution in [0.1, 0.15) is 30.8 Å². The first kappa shape index (κ1) is 12.6. The van der Waals surface area contributed by atoms with E-state index in [9.17, 15) is 5.11 Å². The van der Waals surface area contributed by atoms with Gasteiger partial charge in [-0.2, -0.15) is 5.10 Å². The summed E-state index contributed by atoms with van der Waals surface area (Å²) in [7, 11) is 3.35. The standard InChI is InChI=1S/C12H18N4O2/c1-4-5-16-8-13-6-9(16)12(17)11-10(18-3)7-14-15(11)2/h6-8,12,17H,4-5H2,1-3H3. The topological polar surface area (TPSA) is 65.1 Å². The number of aryl methyl sites for hydroxylation is 2. The minimum Gasteiger partial charge on any atom is -0.493 e. The zero-order valence-electron chi connectivity index (χ0n) is 10.9. The van der Waals surface area contributed by atoms with Crippen LogP contribution in [0.15, 0.2) is 18.7 Å². The summed E-state index contributed by atoms with van der Waals surface area (Å²) < 4.78 is 8.77. The average molecular weight is 250 g/mol. The molecule has 98 valence electrons. The molecule has 0 bridgehead atoms. The number of rotatable bonds is 5. The van der Waals surface area contributed by atoms with Crippen LogP contribution in [-0.4, -0.2) is 31.5 Å². The number of imidazole rings is 1. The first-order valence-electron chi connectivity index (χ1n) is 5.93. The molecule has 6 nitrogen and oxygen atoms in total. The van der Waals surface area contributed by atoms with E-state index in [0.29, 0.717) is 11.4 Å². The number of methoxy groups -OCH3 is 1. The Morgan fingerprint density at radius 3 is 2.89 bits per heavy atom. The van der Waals surface area contributed by atoms with E-state index in [4.69, 9.17) is 4.74 Å². The van der Waals surface area contributed by atoms with E-state index < -0.39 is 6.10 Å². The number of hydrogen-bond donors (Lipinski definition) is 1. The molecular weight excluding hydrogens is 232 g/mol. The van der Waals surface area contributed by atoms with Gasteiger partial charge in [-0.25, -0.2) is 4.98 Å².